The molecule has 26 heavy (non-hydrogen) atoms. The first-order valence-electron chi connectivity index (χ1n) is 8.11. The number of carbonyl (C=O) groups is 1. The van der Waals surface area contributed by atoms with E-state index in [9.17, 15) is 10.1 Å². The number of amides is 1. The second kappa shape index (κ2) is 8.03. The van der Waals surface area contributed by atoms with Crippen LogP contribution in [0.5, 0.6) is 0 Å². The molecule has 0 saturated carbocycles. The van der Waals surface area contributed by atoms with E-state index in [1.165, 1.54) is 0 Å². The normalized spacial score (nSPS) is 19.8. The van der Waals surface area contributed by atoms with Gasteiger partial charge in [-0.3, -0.25) is 9.48 Å². The maximum absolute atomic E-state index is 12.6. The van der Waals surface area contributed by atoms with Gasteiger partial charge in [0.1, 0.15) is 16.6 Å². The Kier molecular flexibility index (Phi) is 5.76. The van der Waals surface area contributed by atoms with Crippen LogP contribution in [-0.2, 0) is 16.6 Å². The van der Waals surface area contributed by atoms with Gasteiger partial charge in [-0.15, -0.1) is 0 Å². The van der Waals surface area contributed by atoms with Crippen molar-refractivity contribution in [3.8, 4) is 6.07 Å². The number of carbonyl (C=O) groups excluding carboxylic acids is 1. The molecule has 1 aliphatic heterocycles. The Balaban J connectivity index is 1.80. The predicted molar refractivity (Wildman–Crippen MR) is 98.0 cm³/mol. The van der Waals surface area contributed by atoms with Gasteiger partial charge in [0, 0.05) is 51.3 Å². The number of hydrogen-bond donors (Lipinski definition) is 1. The molecule has 2 aromatic rings. The average Bonchev–Trinajstić information content (AvgIpc) is 3.28. The molecule has 0 aromatic carbocycles. The van der Waals surface area contributed by atoms with E-state index in [0.717, 1.165) is 17.1 Å². The number of hydrogen-bond acceptors (Lipinski definition) is 7. The number of aromatic nitrogens is 3. The number of methoxy groups -OCH3 is 1. The highest BCUT2D eigenvalue weighted by atomic mass is 35.5. The molecule has 2 aromatic heterocycles. The van der Waals surface area contributed by atoms with Crippen LogP contribution in [0.25, 0.3) is 0 Å². The molecule has 0 bridgehead atoms. The Morgan fingerprint density at radius 2 is 2.38 bits per heavy atom. The first-order chi connectivity index (χ1) is 12.5. The molecule has 1 amide bonds. The highest BCUT2D eigenvalue weighted by molar-refractivity contribution is 7.10. The number of aryl methyl sites for hydroxylation is 1. The molecule has 1 N–H and O–H groups in total. The molecular weight excluding hydrogens is 376 g/mol. The van der Waals surface area contributed by atoms with E-state index in [1.54, 1.807) is 18.0 Å². The zero-order valence-corrected chi connectivity index (χ0v) is 16.0. The molecule has 3 rings (SSSR count). The molecule has 0 spiro atoms. The van der Waals surface area contributed by atoms with Gasteiger partial charge in [0.05, 0.1) is 18.8 Å². The van der Waals surface area contributed by atoms with Crippen molar-refractivity contribution < 1.29 is 9.53 Å². The average molecular weight is 395 g/mol. The van der Waals surface area contributed by atoms with Crippen molar-refractivity contribution in [1.29, 1.82) is 5.26 Å². The molecule has 0 unspecified atom stereocenters. The summed E-state index contributed by atoms with van der Waals surface area (Å²) in [5.41, 5.74) is 1.33. The number of ether oxygens (including phenoxy) is 1. The van der Waals surface area contributed by atoms with Gasteiger partial charge in [-0.25, -0.2) is 0 Å². The largest absolute Gasteiger partial charge is 0.383 e. The van der Waals surface area contributed by atoms with Crippen molar-refractivity contribution in [3.63, 3.8) is 0 Å². The van der Waals surface area contributed by atoms with Crippen molar-refractivity contribution in [2.24, 2.45) is 13.0 Å². The van der Waals surface area contributed by atoms with Crippen LogP contribution in [0, 0.1) is 17.2 Å². The monoisotopic (exact) mass is 394 g/mol. The second-order valence-electron chi connectivity index (χ2n) is 6.11. The van der Waals surface area contributed by atoms with Gasteiger partial charge < -0.3 is 15.0 Å². The Morgan fingerprint density at radius 1 is 1.58 bits per heavy atom. The van der Waals surface area contributed by atoms with E-state index in [4.69, 9.17) is 16.3 Å². The summed E-state index contributed by atoms with van der Waals surface area (Å²) in [7, 11) is 3.47. The van der Waals surface area contributed by atoms with Crippen molar-refractivity contribution in [2.75, 3.05) is 32.1 Å². The molecule has 3 heterocycles. The number of likely N-dealkylation sites (tertiary alicyclic amines) is 1. The molecule has 0 radical (unpaired) electrons. The van der Waals surface area contributed by atoms with Crippen LogP contribution in [0.2, 0.25) is 5.15 Å². The Morgan fingerprint density at radius 3 is 3.04 bits per heavy atom. The first kappa shape index (κ1) is 18.6. The summed E-state index contributed by atoms with van der Waals surface area (Å²) in [5.74, 6) is 0.126. The number of rotatable bonds is 7. The lowest BCUT2D eigenvalue weighted by atomic mass is 9.95. The molecule has 1 saturated heterocycles. The van der Waals surface area contributed by atoms with E-state index in [-0.39, 0.29) is 23.0 Å². The zero-order chi connectivity index (χ0) is 18.7. The Hall–Kier alpha value is -2.15. The zero-order valence-electron chi connectivity index (χ0n) is 14.5. The molecule has 10 heteroatoms. The van der Waals surface area contributed by atoms with Crippen molar-refractivity contribution >= 4 is 34.0 Å². The van der Waals surface area contributed by atoms with Gasteiger partial charge in [0.25, 0.3) is 0 Å². The first-order valence-corrected chi connectivity index (χ1v) is 9.26. The fourth-order valence-corrected chi connectivity index (χ4v) is 4.20. The van der Waals surface area contributed by atoms with Gasteiger partial charge in [0.2, 0.25) is 5.91 Å². The predicted octanol–water partition coefficient (Wildman–Crippen LogP) is 2.05. The molecule has 1 aliphatic rings. The minimum atomic E-state index is -0.0900. The Bertz CT molecular complexity index is 829. The molecule has 1 fully saturated rings. The quantitative estimate of drug-likeness (QED) is 0.772. The van der Waals surface area contributed by atoms with Gasteiger partial charge in [0.15, 0.2) is 5.15 Å². The smallest absolute Gasteiger partial charge is 0.223 e. The van der Waals surface area contributed by atoms with Crippen LogP contribution in [0.4, 0.5) is 5.00 Å². The highest BCUT2D eigenvalue weighted by Gasteiger charge is 2.41. The standard InChI is InChI=1S/C16H19ClN6O2S/c1-22-9-11(8-20-22)14-10(5-13(24)23(14)3-4-25-2)7-19-16-12(6-18)15(17)21-26-16/h8-10,14,19H,3-5,7H2,1-2H3/t10-,14+/m0/s1. The molecular formula is C16H19ClN6O2S. The molecule has 0 aliphatic carbocycles. The molecule has 8 nitrogen and oxygen atoms in total. The van der Waals surface area contributed by atoms with Crippen LogP contribution in [0.15, 0.2) is 12.4 Å². The van der Waals surface area contributed by atoms with Gasteiger partial charge in [-0.05, 0) is 11.5 Å². The van der Waals surface area contributed by atoms with Gasteiger partial charge >= 0.3 is 0 Å². The summed E-state index contributed by atoms with van der Waals surface area (Å²) in [6, 6.07) is 1.97. The van der Waals surface area contributed by atoms with Crippen molar-refractivity contribution in [1.82, 2.24) is 19.1 Å². The molecule has 138 valence electrons. The van der Waals surface area contributed by atoms with E-state index < -0.39 is 0 Å². The number of halogens is 1. The van der Waals surface area contributed by atoms with E-state index in [2.05, 4.69) is 20.9 Å². The molecule has 2 atom stereocenters. The number of nitriles is 1. The van der Waals surface area contributed by atoms with Crippen molar-refractivity contribution in [2.45, 2.75) is 12.5 Å². The minimum Gasteiger partial charge on any atom is -0.383 e. The van der Waals surface area contributed by atoms with Gasteiger partial charge in [-0.2, -0.15) is 14.7 Å². The fraction of sp³-hybridized carbons (Fsp3) is 0.500. The number of anilines is 1. The second-order valence-corrected chi connectivity index (χ2v) is 7.24. The lowest BCUT2D eigenvalue weighted by Crippen LogP contribution is -2.32. The topological polar surface area (TPSA) is 96.1 Å². The van der Waals surface area contributed by atoms with E-state index >= 15 is 0 Å². The number of nitrogens with zero attached hydrogens (tertiary/aromatic N) is 5. The highest BCUT2D eigenvalue weighted by Crippen LogP contribution is 2.38. The van der Waals surface area contributed by atoms with Gasteiger partial charge in [-0.1, -0.05) is 11.6 Å². The van der Waals surface area contributed by atoms with Crippen LogP contribution in [0.1, 0.15) is 23.6 Å². The lowest BCUT2D eigenvalue weighted by molar-refractivity contribution is -0.129. The van der Waals surface area contributed by atoms with Crippen LogP contribution in [0.3, 0.4) is 0 Å². The fourth-order valence-electron chi connectivity index (χ4n) is 3.26. The summed E-state index contributed by atoms with van der Waals surface area (Å²) in [6.07, 6.45) is 4.14. The van der Waals surface area contributed by atoms with Crippen molar-refractivity contribution in [3.05, 3.63) is 28.7 Å². The SMILES string of the molecule is COCCN1C(=O)C[C@@H](CNc2snc(Cl)c2C#N)[C@@H]1c1cnn(C)c1. The minimum absolute atomic E-state index is 0.0379. The number of nitrogens with one attached hydrogen (secondary N) is 1. The van der Waals surface area contributed by atoms with Crippen LogP contribution in [-0.4, -0.2) is 51.8 Å². The van der Waals surface area contributed by atoms with E-state index in [1.807, 2.05) is 18.1 Å². The summed E-state index contributed by atoms with van der Waals surface area (Å²) in [4.78, 5) is 14.4. The third-order valence-corrected chi connectivity index (χ3v) is 5.61. The lowest BCUT2D eigenvalue weighted by Gasteiger charge is -2.27. The third-order valence-electron chi connectivity index (χ3n) is 4.43. The Labute approximate surface area is 160 Å². The summed E-state index contributed by atoms with van der Waals surface area (Å²) in [6.45, 7) is 1.54. The summed E-state index contributed by atoms with van der Waals surface area (Å²) < 4.78 is 10.9. The van der Waals surface area contributed by atoms with E-state index in [0.29, 0.717) is 36.7 Å². The summed E-state index contributed by atoms with van der Waals surface area (Å²) in [5, 5.41) is 17.5. The van der Waals surface area contributed by atoms with Crippen LogP contribution < -0.4 is 5.32 Å². The third kappa shape index (κ3) is 3.67. The summed E-state index contributed by atoms with van der Waals surface area (Å²) >= 11 is 7.07. The maximum Gasteiger partial charge on any atom is 0.223 e. The van der Waals surface area contributed by atoms with Crippen LogP contribution >= 0.6 is 23.1 Å². The maximum atomic E-state index is 12.6.